The molecule has 2 aromatic heterocycles. The maximum Gasteiger partial charge on any atom is 0.256 e. The molecular formula is C29H32F2N4O2. The van der Waals surface area contributed by atoms with Crippen molar-refractivity contribution in [2.45, 2.75) is 52.4 Å². The lowest BCUT2D eigenvalue weighted by atomic mass is 9.80. The van der Waals surface area contributed by atoms with Gasteiger partial charge in [-0.15, -0.1) is 0 Å². The van der Waals surface area contributed by atoms with Crippen LogP contribution in [0, 0.1) is 30.1 Å². The third-order valence-electron chi connectivity index (χ3n) is 7.79. The first-order valence-electron chi connectivity index (χ1n) is 12.6. The third-order valence-corrected chi connectivity index (χ3v) is 7.79. The summed E-state index contributed by atoms with van der Waals surface area (Å²) in [5.74, 6) is -4.80. The highest BCUT2D eigenvalue weighted by Crippen LogP contribution is 2.39. The summed E-state index contributed by atoms with van der Waals surface area (Å²) in [5.41, 5.74) is 4.67. The fourth-order valence-corrected chi connectivity index (χ4v) is 5.37. The van der Waals surface area contributed by atoms with Crippen LogP contribution in [-0.4, -0.2) is 45.2 Å². The zero-order valence-corrected chi connectivity index (χ0v) is 21.9. The number of piperidine rings is 1. The molecular weight excluding hydrogens is 474 g/mol. The number of aromatic nitrogens is 2. The van der Waals surface area contributed by atoms with Gasteiger partial charge in [-0.2, -0.15) is 5.26 Å². The summed E-state index contributed by atoms with van der Waals surface area (Å²) in [4.78, 5) is 31.9. The van der Waals surface area contributed by atoms with Crippen LogP contribution in [0.15, 0.2) is 36.7 Å². The zero-order valence-electron chi connectivity index (χ0n) is 21.9. The third kappa shape index (κ3) is 5.13. The summed E-state index contributed by atoms with van der Waals surface area (Å²) >= 11 is 0. The number of nitrogens with zero attached hydrogens (tertiary/aromatic N) is 4. The number of fused-ring (bicyclic) bond motifs is 1. The molecule has 37 heavy (non-hydrogen) atoms. The van der Waals surface area contributed by atoms with E-state index in [1.807, 2.05) is 18.5 Å². The Balaban J connectivity index is 1.61. The number of likely N-dealkylation sites (tertiary alicyclic amines) is 1. The molecule has 6 nitrogen and oxygen atoms in total. The van der Waals surface area contributed by atoms with Crippen molar-refractivity contribution in [3.63, 3.8) is 0 Å². The number of aryl methyl sites for hydroxylation is 2. The predicted molar refractivity (Wildman–Crippen MR) is 138 cm³/mol. The number of Topliss-reactive ketones (excluding diaryl/α,β-unsaturated/α-hetero) is 1. The van der Waals surface area contributed by atoms with Crippen molar-refractivity contribution >= 4 is 22.7 Å². The molecule has 0 saturated carbocycles. The van der Waals surface area contributed by atoms with Gasteiger partial charge in [-0.05, 0) is 60.9 Å². The van der Waals surface area contributed by atoms with Crippen molar-refractivity contribution < 1.29 is 18.4 Å². The van der Waals surface area contributed by atoms with Gasteiger partial charge in [0, 0.05) is 56.8 Å². The number of halogens is 2. The monoisotopic (exact) mass is 506 g/mol. The summed E-state index contributed by atoms with van der Waals surface area (Å²) in [5, 5.41) is 10.2. The fraction of sp³-hybridized carbons (Fsp3) is 0.448. The van der Waals surface area contributed by atoms with E-state index in [0.717, 1.165) is 34.6 Å². The van der Waals surface area contributed by atoms with Crippen LogP contribution in [0.4, 0.5) is 8.78 Å². The SMILES string of the molecule is Cc1c(CC(=O)c2cccc(C#N)c2)cnc2c1c([C@@H]1CCN(C(=O)[C@@H](C)C(C)(F)F)C[C@@H]1C)cn2C. The lowest BCUT2D eigenvalue weighted by Gasteiger charge is -2.39. The van der Waals surface area contributed by atoms with Crippen LogP contribution in [-0.2, 0) is 18.3 Å². The van der Waals surface area contributed by atoms with E-state index in [4.69, 9.17) is 5.26 Å². The van der Waals surface area contributed by atoms with Gasteiger partial charge in [0.25, 0.3) is 5.92 Å². The first-order chi connectivity index (χ1) is 17.4. The molecule has 0 aliphatic carbocycles. The molecule has 194 valence electrons. The van der Waals surface area contributed by atoms with Crippen LogP contribution < -0.4 is 0 Å². The van der Waals surface area contributed by atoms with Crippen LogP contribution in [0.1, 0.15) is 65.7 Å². The largest absolute Gasteiger partial charge is 0.342 e. The minimum Gasteiger partial charge on any atom is -0.342 e. The Morgan fingerprint density at radius 1 is 1.32 bits per heavy atom. The second-order valence-corrected chi connectivity index (χ2v) is 10.4. The average molecular weight is 507 g/mol. The van der Waals surface area contributed by atoms with Gasteiger partial charge in [0.15, 0.2) is 5.78 Å². The molecule has 1 aromatic carbocycles. The molecule has 1 saturated heterocycles. The highest BCUT2D eigenvalue weighted by atomic mass is 19.3. The van der Waals surface area contributed by atoms with E-state index in [1.54, 1.807) is 35.4 Å². The van der Waals surface area contributed by atoms with Crippen LogP contribution in [0.25, 0.3) is 11.0 Å². The fourth-order valence-electron chi connectivity index (χ4n) is 5.37. The normalized spacial score (nSPS) is 19.0. The molecule has 0 spiro atoms. The van der Waals surface area contributed by atoms with Crippen molar-refractivity contribution in [2.75, 3.05) is 13.1 Å². The number of pyridine rings is 1. The van der Waals surface area contributed by atoms with Gasteiger partial charge in [0.05, 0.1) is 17.6 Å². The molecule has 3 heterocycles. The Kier molecular flexibility index (Phi) is 7.18. The van der Waals surface area contributed by atoms with Crippen molar-refractivity contribution in [3.8, 4) is 6.07 Å². The molecule has 0 radical (unpaired) electrons. The molecule has 0 unspecified atom stereocenters. The lowest BCUT2D eigenvalue weighted by molar-refractivity contribution is -0.148. The summed E-state index contributed by atoms with van der Waals surface area (Å²) in [6, 6.07) is 8.75. The van der Waals surface area contributed by atoms with E-state index in [-0.39, 0.29) is 24.0 Å². The molecule has 1 aliphatic heterocycles. The van der Waals surface area contributed by atoms with Crippen LogP contribution in [0.2, 0.25) is 0 Å². The first-order valence-corrected chi connectivity index (χ1v) is 12.6. The van der Waals surface area contributed by atoms with E-state index in [2.05, 4.69) is 24.2 Å². The molecule has 1 amide bonds. The van der Waals surface area contributed by atoms with Gasteiger partial charge in [0.1, 0.15) is 5.65 Å². The molecule has 4 rings (SSSR count). The van der Waals surface area contributed by atoms with E-state index in [0.29, 0.717) is 30.6 Å². The zero-order chi connectivity index (χ0) is 27.1. The Bertz CT molecular complexity index is 1400. The predicted octanol–water partition coefficient (Wildman–Crippen LogP) is 5.42. The van der Waals surface area contributed by atoms with Gasteiger partial charge < -0.3 is 9.47 Å². The second-order valence-electron chi connectivity index (χ2n) is 10.4. The van der Waals surface area contributed by atoms with Gasteiger partial charge in [0.2, 0.25) is 5.91 Å². The highest BCUT2D eigenvalue weighted by molar-refractivity contribution is 5.98. The molecule has 1 aliphatic rings. The molecule has 0 bridgehead atoms. The van der Waals surface area contributed by atoms with E-state index >= 15 is 0 Å². The van der Waals surface area contributed by atoms with Gasteiger partial charge in [-0.1, -0.05) is 19.1 Å². The van der Waals surface area contributed by atoms with Gasteiger partial charge in [-0.3, -0.25) is 9.59 Å². The van der Waals surface area contributed by atoms with Crippen molar-refractivity contribution in [1.29, 1.82) is 5.26 Å². The summed E-state index contributed by atoms with van der Waals surface area (Å²) in [6.07, 6.45) is 4.64. The van der Waals surface area contributed by atoms with Crippen molar-refractivity contribution in [2.24, 2.45) is 18.9 Å². The Morgan fingerprint density at radius 2 is 2.05 bits per heavy atom. The maximum absolute atomic E-state index is 13.8. The Labute approximate surface area is 215 Å². The molecule has 0 N–H and O–H groups in total. The summed E-state index contributed by atoms with van der Waals surface area (Å²) in [6.45, 7) is 6.97. The van der Waals surface area contributed by atoms with Gasteiger partial charge in [-0.25, -0.2) is 13.8 Å². The minimum atomic E-state index is -3.06. The summed E-state index contributed by atoms with van der Waals surface area (Å²) in [7, 11) is 1.94. The standard InChI is InChI=1S/C29H32F2N4O2/c1-17-15-35(28(37)19(3)29(4,30)31)10-9-23(17)24-16-34(5)27-26(24)18(2)22(14-33-27)12-25(36)21-8-6-7-20(11-21)13-32/h6-8,11,14,16-17,19,23H,9-10,12,15H2,1-5H3/t17-,19+,23+/m0/s1. The number of ketones is 1. The van der Waals surface area contributed by atoms with Crippen LogP contribution in [0.3, 0.4) is 0 Å². The number of nitriles is 1. The highest BCUT2D eigenvalue weighted by Gasteiger charge is 2.40. The number of amides is 1. The number of carbonyl (C=O) groups excluding carboxylic acids is 2. The first kappa shape index (κ1) is 26.5. The van der Waals surface area contributed by atoms with Crippen molar-refractivity contribution in [1.82, 2.24) is 14.5 Å². The quantitative estimate of drug-likeness (QED) is 0.418. The number of hydrogen-bond acceptors (Lipinski definition) is 4. The smallest absolute Gasteiger partial charge is 0.256 e. The van der Waals surface area contributed by atoms with Crippen LogP contribution >= 0.6 is 0 Å². The molecule has 3 aromatic rings. The van der Waals surface area contributed by atoms with Crippen LogP contribution in [0.5, 0.6) is 0 Å². The maximum atomic E-state index is 13.8. The van der Waals surface area contributed by atoms with Gasteiger partial charge >= 0.3 is 0 Å². The summed E-state index contributed by atoms with van der Waals surface area (Å²) < 4.78 is 29.5. The number of benzene rings is 1. The minimum absolute atomic E-state index is 0.0689. The number of carbonyl (C=O) groups is 2. The van der Waals surface area contributed by atoms with E-state index in [1.165, 1.54) is 6.92 Å². The molecule has 3 atom stereocenters. The molecule has 8 heteroatoms. The number of hydrogen-bond donors (Lipinski definition) is 0. The second kappa shape index (κ2) is 10.0. The topological polar surface area (TPSA) is 79.0 Å². The van der Waals surface area contributed by atoms with Crippen molar-refractivity contribution in [3.05, 3.63) is 64.5 Å². The number of rotatable bonds is 6. The van der Waals surface area contributed by atoms with E-state index in [9.17, 15) is 18.4 Å². The Hall–Kier alpha value is -3.60. The Morgan fingerprint density at radius 3 is 2.70 bits per heavy atom. The van der Waals surface area contributed by atoms with E-state index < -0.39 is 17.7 Å². The molecule has 1 fully saturated rings. The number of alkyl halides is 2. The average Bonchev–Trinajstić information content (AvgIpc) is 3.20. The lowest BCUT2D eigenvalue weighted by Crippen LogP contribution is -2.47.